The van der Waals surface area contributed by atoms with Crippen molar-refractivity contribution in [3.05, 3.63) is 88.9 Å². The molecule has 2 heterocycles. The molecule has 0 radical (unpaired) electrons. The van der Waals surface area contributed by atoms with Crippen molar-refractivity contribution in [3.8, 4) is 0 Å². The quantitative estimate of drug-likeness (QED) is 0.491. The Morgan fingerprint density at radius 1 is 1.10 bits per heavy atom. The summed E-state index contributed by atoms with van der Waals surface area (Å²) in [7, 11) is -3.69. The fourth-order valence-corrected chi connectivity index (χ4v) is 4.80. The lowest BCUT2D eigenvalue weighted by molar-refractivity contribution is 0.0925. The largest absolute Gasteiger partial charge is 0.449 e. The fraction of sp³-hybridized carbons (Fsp3) is 0.0909. The van der Waals surface area contributed by atoms with Gasteiger partial charge in [0.25, 0.3) is 5.91 Å². The van der Waals surface area contributed by atoms with E-state index >= 15 is 0 Å². The summed E-state index contributed by atoms with van der Waals surface area (Å²) in [5.74, 6) is -0.175. The van der Waals surface area contributed by atoms with Crippen LogP contribution in [-0.4, -0.2) is 19.3 Å². The number of aryl methyl sites for hydroxylation is 1. The molecule has 0 unspecified atom stereocenters. The molecule has 0 aliphatic rings. The van der Waals surface area contributed by atoms with Crippen LogP contribution in [0.4, 0.5) is 0 Å². The number of aromatic nitrogens is 1. The van der Waals surface area contributed by atoms with E-state index in [9.17, 15) is 13.2 Å². The van der Waals surface area contributed by atoms with Gasteiger partial charge in [-0.25, -0.2) is 8.42 Å². The van der Waals surface area contributed by atoms with Crippen LogP contribution in [0, 0.1) is 6.92 Å². The number of hydrogen-bond donors (Lipinski definition) is 1. The number of pyridine rings is 1. The van der Waals surface area contributed by atoms with Crippen molar-refractivity contribution in [2.75, 3.05) is 0 Å². The zero-order valence-electron chi connectivity index (χ0n) is 15.9. The van der Waals surface area contributed by atoms with Crippen molar-refractivity contribution in [1.29, 1.82) is 0 Å². The predicted molar refractivity (Wildman–Crippen MR) is 113 cm³/mol. The van der Waals surface area contributed by atoms with E-state index in [4.69, 9.17) is 16.0 Å². The van der Waals surface area contributed by atoms with Crippen LogP contribution in [0.1, 0.15) is 21.7 Å². The Morgan fingerprint density at radius 2 is 1.87 bits per heavy atom. The molecule has 0 bridgehead atoms. The molecule has 2 aromatic heterocycles. The molecule has 8 heteroatoms. The zero-order chi connectivity index (χ0) is 21.3. The molecule has 4 aromatic rings. The number of fused-ring (bicyclic) bond motifs is 1. The molecule has 30 heavy (non-hydrogen) atoms. The highest BCUT2D eigenvalue weighted by atomic mass is 35.5. The molecule has 1 amide bonds. The molecule has 0 spiro atoms. The molecule has 4 rings (SSSR count). The van der Waals surface area contributed by atoms with Gasteiger partial charge < -0.3 is 9.73 Å². The Labute approximate surface area is 178 Å². The highest BCUT2D eigenvalue weighted by molar-refractivity contribution is 7.91. The smallest absolute Gasteiger partial charge is 0.287 e. The highest BCUT2D eigenvalue weighted by Gasteiger charge is 2.20. The summed E-state index contributed by atoms with van der Waals surface area (Å²) in [5.41, 5.74) is 1.91. The van der Waals surface area contributed by atoms with Crippen molar-refractivity contribution < 1.29 is 17.6 Å². The third-order valence-corrected chi connectivity index (χ3v) is 6.82. The first kappa shape index (κ1) is 20.1. The molecular formula is C22H17ClN2O4S. The maximum Gasteiger partial charge on any atom is 0.287 e. The lowest BCUT2D eigenvalue weighted by Crippen LogP contribution is -2.22. The number of sulfone groups is 1. The summed E-state index contributed by atoms with van der Waals surface area (Å²) in [6.45, 7) is 1.95. The Morgan fingerprint density at radius 3 is 2.60 bits per heavy atom. The molecule has 0 saturated heterocycles. The number of rotatable bonds is 5. The van der Waals surface area contributed by atoms with Crippen LogP contribution < -0.4 is 5.32 Å². The second-order valence-corrected chi connectivity index (χ2v) is 9.12. The van der Waals surface area contributed by atoms with Crippen LogP contribution >= 0.6 is 11.6 Å². The fourth-order valence-electron chi connectivity index (χ4n) is 3.04. The monoisotopic (exact) mass is 440 g/mol. The number of carbonyl (C=O) groups is 1. The minimum atomic E-state index is -3.69. The van der Waals surface area contributed by atoms with Crippen LogP contribution in [0.5, 0.6) is 0 Å². The van der Waals surface area contributed by atoms with Crippen molar-refractivity contribution in [1.82, 2.24) is 10.3 Å². The number of nitrogens with one attached hydrogen (secondary N) is 1. The topological polar surface area (TPSA) is 89.3 Å². The van der Waals surface area contributed by atoms with Crippen molar-refractivity contribution in [2.45, 2.75) is 23.3 Å². The van der Waals surface area contributed by atoms with Crippen LogP contribution in [0.25, 0.3) is 11.0 Å². The molecule has 0 aliphatic carbocycles. The second-order valence-electron chi connectivity index (χ2n) is 6.76. The average Bonchev–Trinajstić information content (AvgIpc) is 3.18. The van der Waals surface area contributed by atoms with E-state index in [0.717, 1.165) is 10.9 Å². The first-order valence-corrected chi connectivity index (χ1v) is 10.9. The number of hydrogen-bond acceptors (Lipinski definition) is 5. The average molecular weight is 441 g/mol. The van der Waals surface area contributed by atoms with Crippen LogP contribution in [0.3, 0.4) is 0 Å². The van der Waals surface area contributed by atoms with Gasteiger partial charge >= 0.3 is 0 Å². The molecular weight excluding hydrogens is 424 g/mol. The van der Waals surface area contributed by atoms with Gasteiger partial charge in [-0.2, -0.15) is 0 Å². The maximum atomic E-state index is 12.9. The molecule has 6 nitrogen and oxygen atoms in total. The number of nitrogens with zero attached hydrogens (tertiary/aromatic N) is 1. The zero-order valence-corrected chi connectivity index (χ0v) is 17.5. The standard InChI is InChI=1S/C22H17ClN2O4S/c1-14-2-5-17(23)11-21(14)30(27,28)18-6-3-15(4-7-18)12-25-22(26)19-10-16-8-9-24-13-20(16)29-19/h2-11,13H,12H2,1H3,(H,25,26). The maximum absolute atomic E-state index is 12.9. The van der Waals surface area contributed by atoms with Gasteiger partial charge in [-0.15, -0.1) is 0 Å². The number of benzene rings is 2. The normalized spacial score (nSPS) is 11.5. The lowest BCUT2D eigenvalue weighted by atomic mass is 10.2. The minimum Gasteiger partial charge on any atom is -0.449 e. The Kier molecular flexibility index (Phi) is 5.32. The third kappa shape index (κ3) is 3.94. The summed E-state index contributed by atoms with van der Waals surface area (Å²) in [6, 6.07) is 14.5. The number of amides is 1. The van der Waals surface area contributed by atoms with E-state index < -0.39 is 9.84 Å². The lowest BCUT2D eigenvalue weighted by Gasteiger charge is -2.09. The summed E-state index contributed by atoms with van der Waals surface area (Å²) < 4.78 is 31.3. The second kappa shape index (κ2) is 7.93. The van der Waals surface area contributed by atoms with E-state index in [-0.39, 0.29) is 28.0 Å². The van der Waals surface area contributed by atoms with Gasteiger partial charge in [-0.1, -0.05) is 29.8 Å². The summed E-state index contributed by atoms with van der Waals surface area (Å²) >= 11 is 5.97. The summed E-state index contributed by atoms with van der Waals surface area (Å²) in [4.78, 5) is 16.6. The van der Waals surface area contributed by atoms with Crippen molar-refractivity contribution in [3.63, 3.8) is 0 Å². The third-order valence-electron chi connectivity index (χ3n) is 4.67. The van der Waals surface area contributed by atoms with Crippen molar-refractivity contribution in [2.24, 2.45) is 0 Å². The van der Waals surface area contributed by atoms with Gasteiger partial charge in [0.2, 0.25) is 9.84 Å². The van der Waals surface area contributed by atoms with Gasteiger partial charge in [0.05, 0.1) is 16.0 Å². The Balaban J connectivity index is 1.48. The number of furan rings is 1. The number of halogens is 1. The molecule has 152 valence electrons. The molecule has 0 saturated carbocycles. The Bertz CT molecular complexity index is 1310. The van der Waals surface area contributed by atoms with E-state index in [0.29, 0.717) is 16.2 Å². The summed E-state index contributed by atoms with van der Waals surface area (Å²) in [6.07, 6.45) is 3.17. The van der Waals surface area contributed by atoms with Gasteiger partial charge in [0, 0.05) is 23.2 Å². The van der Waals surface area contributed by atoms with Crippen LogP contribution in [-0.2, 0) is 16.4 Å². The SMILES string of the molecule is Cc1ccc(Cl)cc1S(=O)(=O)c1ccc(CNC(=O)c2cc3ccncc3o2)cc1. The van der Waals surface area contributed by atoms with Gasteiger partial charge in [-0.3, -0.25) is 9.78 Å². The van der Waals surface area contributed by atoms with Gasteiger partial charge in [0.15, 0.2) is 11.3 Å². The van der Waals surface area contributed by atoms with Gasteiger partial charge in [0.1, 0.15) is 0 Å². The number of carbonyl (C=O) groups excluding carboxylic acids is 1. The Hall–Kier alpha value is -3.16. The molecule has 2 aromatic carbocycles. The van der Waals surface area contributed by atoms with E-state index in [1.54, 1.807) is 55.7 Å². The predicted octanol–water partition coefficient (Wildman–Crippen LogP) is 4.55. The van der Waals surface area contributed by atoms with E-state index in [1.165, 1.54) is 18.2 Å². The molecule has 0 atom stereocenters. The molecule has 0 fully saturated rings. The van der Waals surface area contributed by atoms with Crippen molar-refractivity contribution >= 4 is 38.3 Å². The highest BCUT2D eigenvalue weighted by Crippen LogP contribution is 2.27. The first-order chi connectivity index (χ1) is 14.3. The molecule has 1 N–H and O–H groups in total. The minimum absolute atomic E-state index is 0.160. The van der Waals surface area contributed by atoms with E-state index in [2.05, 4.69) is 10.3 Å². The van der Waals surface area contributed by atoms with Gasteiger partial charge in [-0.05, 0) is 54.4 Å². The molecule has 0 aliphatic heterocycles. The van der Waals surface area contributed by atoms with Crippen LogP contribution in [0.2, 0.25) is 5.02 Å². The summed E-state index contributed by atoms with van der Waals surface area (Å²) in [5, 5.41) is 3.92. The van der Waals surface area contributed by atoms with Crippen LogP contribution in [0.15, 0.2) is 81.2 Å². The van der Waals surface area contributed by atoms with E-state index in [1.807, 2.05) is 0 Å². The first-order valence-electron chi connectivity index (χ1n) is 9.06.